The first-order valence-corrected chi connectivity index (χ1v) is 8.11. The Kier molecular flexibility index (Phi) is 4.52. The average Bonchev–Trinajstić information content (AvgIpc) is 2.80. The maximum Gasteiger partial charge on any atom is 0.321 e. The van der Waals surface area contributed by atoms with Crippen LogP contribution < -0.4 is 4.72 Å². The van der Waals surface area contributed by atoms with E-state index in [0.717, 1.165) is 18.2 Å². The van der Waals surface area contributed by atoms with Gasteiger partial charge in [0.1, 0.15) is 17.4 Å². The SMILES string of the molecule is CC(C)C[C@H](NS(=O)(=O)c1cc2cc(F)ccc2o1)C(=O)O. The monoisotopic (exact) mass is 329 g/mol. The lowest BCUT2D eigenvalue weighted by Gasteiger charge is -2.15. The molecule has 22 heavy (non-hydrogen) atoms. The fraction of sp³-hybridized carbons (Fsp3) is 0.357. The summed E-state index contributed by atoms with van der Waals surface area (Å²) in [5, 5.41) is 8.95. The van der Waals surface area contributed by atoms with Gasteiger partial charge in [0.2, 0.25) is 5.09 Å². The molecule has 0 fully saturated rings. The number of hydrogen-bond donors (Lipinski definition) is 2. The highest BCUT2D eigenvalue weighted by Crippen LogP contribution is 2.24. The molecule has 8 heteroatoms. The van der Waals surface area contributed by atoms with E-state index in [-0.39, 0.29) is 23.3 Å². The molecule has 1 aromatic heterocycles. The first kappa shape index (κ1) is 16.4. The Hall–Kier alpha value is -1.93. The number of rotatable bonds is 6. The van der Waals surface area contributed by atoms with E-state index >= 15 is 0 Å². The largest absolute Gasteiger partial charge is 0.480 e. The molecule has 0 bridgehead atoms. The maximum absolute atomic E-state index is 13.1. The number of carbonyl (C=O) groups is 1. The summed E-state index contributed by atoms with van der Waals surface area (Å²) in [6.45, 7) is 3.57. The summed E-state index contributed by atoms with van der Waals surface area (Å²) in [4.78, 5) is 11.2. The molecule has 0 saturated carbocycles. The van der Waals surface area contributed by atoms with Gasteiger partial charge in [-0.15, -0.1) is 0 Å². The van der Waals surface area contributed by atoms with Gasteiger partial charge >= 0.3 is 5.97 Å². The lowest BCUT2D eigenvalue weighted by atomic mass is 10.1. The van der Waals surface area contributed by atoms with Crippen LogP contribution in [0, 0.1) is 11.7 Å². The second-order valence-corrected chi connectivity index (χ2v) is 7.03. The van der Waals surface area contributed by atoms with Crippen LogP contribution in [-0.2, 0) is 14.8 Å². The van der Waals surface area contributed by atoms with E-state index in [0.29, 0.717) is 0 Å². The number of furan rings is 1. The minimum Gasteiger partial charge on any atom is -0.480 e. The molecule has 1 heterocycles. The molecule has 0 aliphatic carbocycles. The summed E-state index contributed by atoms with van der Waals surface area (Å²) in [5.41, 5.74) is 0.206. The zero-order valence-electron chi connectivity index (χ0n) is 12.0. The van der Waals surface area contributed by atoms with Crippen molar-refractivity contribution in [2.45, 2.75) is 31.4 Å². The highest BCUT2D eigenvalue weighted by Gasteiger charge is 2.28. The first-order valence-electron chi connectivity index (χ1n) is 6.63. The van der Waals surface area contributed by atoms with Gasteiger partial charge in [-0.25, -0.2) is 12.8 Å². The van der Waals surface area contributed by atoms with E-state index in [2.05, 4.69) is 4.72 Å². The lowest BCUT2D eigenvalue weighted by Crippen LogP contribution is -2.41. The van der Waals surface area contributed by atoms with Crippen LogP contribution in [0.15, 0.2) is 33.8 Å². The fourth-order valence-corrected chi connectivity index (χ4v) is 3.21. The Morgan fingerprint density at radius 2 is 2.05 bits per heavy atom. The van der Waals surface area contributed by atoms with Crippen molar-refractivity contribution in [3.8, 4) is 0 Å². The van der Waals surface area contributed by atoms with Crippen molar-refractivity contribution in [1.29, 1.82) is 0 Å². The predicted molar refractivity (Wildman–Crippen MR) is 77.4 cm³/mol. The maximum atomic E-state index is 13.1. The summed E-state index contributed by atoms with van der Waals surface area (Å²) in [5.74, 6) is -1.79. The molecular formula is C14H16FNO5S. The Morgan fingerprint density at radius 1 is 1.36 bits per heavy atom. The molecule has 2 aromatic rings. The van der Waals surface area contributed by atoms with Crippen LogP contribution in [0.1, 0.15) is 20.3 Å². The molecule has 0 aliphatic rings. The second kappa shape index (κ2) is 6.05. The quantitative estimate of drug-likeness (QED) is 0.848. The van der Waals surface area contributed by atoms with Gasteiger partial charge in [0.25, 0.3) is 10.0 Å². The number of aliphatic carboxylic acids is 1. The Balaban J connectivity index is 2.33. The van der Waals surface area contributed by atoms with Crippen molar-refractivity contribution in [1.82, 2.24) is 4.72 Å². The van der Waals surface area contributed by atoms with Gasteiger partial charge in [0.15, 0.2) is 0 Å². The van der Waals surface area contributed by atoms with Gasteiger partial charge in [-0.2, -0.15) is 4.72 Å². The lowest BCUT2D eigenvalue weighted by molar-refractivity contribution is -0.139. The van der Waals surface area contributed by atoms with Crippen molar-refractivity contribution >= 4 is 27.0 Å². The summed E-state index contributed by atoms with van der Waals surface area (Å²) in [7, 11) is -4.14. The van der Waals surface area contributed by atoms with Crippen LogP contribution in [0.4, 0.5) is 4.39 Å². The van der Waals surface area contributed by atoms with Gasteiger partial charge < -0.3 is 9.52 Å². The van der Waals surface area contributed by atoms with Crippen molar-refractivity contribution in [2.24, 2.45) is 5.92 Å². The van der Waals surface area contributed by atoms with Crippen LogP contribution in [0.25, 0.3) is 11.0 Å². The topological polar surface area (TPSA) is 96.6 Å². The zero-order chi connectivity index (χ0) is 16.5. The van der Waals surface area contributed by atoms with E-state index < -0.39 is 32.9 Å². The van der Waals surface area contributed by atoms with Gasteiger partial charge in [0.05, 0.1) is 0 Å². The van der Waals surface area contributed by atoms with Crippen LogP contribution >= 0.6 is 0 Å². The summed E-state index contributed by atoms with van der Waals surface area (Å²) >= 11 is 0. The molecular weight excluding hydrogens is 313 g/mol. The Bertz CT molecular complexity index is 797. The number of halogens is 1. The molecule has 0 spiro atoms. The van der Waals surface area contributed by atoms with Gasteiger partial charge in [-0.3, -0.25) is 4.79 Å². The third-order valence-corrected chi connectivity index (χ3v) is 4.35. The number of hydrogen-bond acceptors (Lipinski definition) is 4. The number of benzene rings is 1. The van der Waals surface area contributed by atoms with Crippen molar-refractivity contribution in [3.05, 3.63) is 30.1 Å². The second-order valence-electron chi connectivity index (χ2n) is 5.39. The fourth-order valence-electron chi connectivity index (χ4n) is 2.04. The van der Waals surface area contributed by atoms with Crippen molar-refractivity contribution < 1.29 is 27.1 Å². The minimum atomic E-state index is -4.14. The molecule has 120 valence electrons. The van der Waals surface area contributed by atoms with Crippen molar-refractivity contribution in [2.75, 3.05) is 0 Å². The Labute approximate surface area is 127 Å². The highest BCUT2D eigenvalue weighted by molar-refractivity contribution is 7.89. The zero-order valence-corrected chi connectivity index (χ0v) is 12.9. The molecule has 0 amide bonds. The molecule has 0 saturated heterocycles. The first-order chi connectivity index (χ1) is 10.2. The number of nitrogens with one attached hydrogen (secondary N) is 1. The number of sulfonamides is 1. The Morgan fingerprint density at radius 3 is 2.64 bits per heavy atom. The summed E-state index contributed by atoms with van der Waals surface area (Å²) < 4.78 is 44.8. The van der Waals surface area contributed by atoms with E-state index in [1.807, 2.05) is 0 Å². The van der Waals surface area contributed by atoms with E-state index in [9.17, 15) is 17.6 Å². The molecule has 2 rings (SSSR count). The third-order valence-electron chi connectivity index (χ3n) is 3.02. The van der Waals surface area contributed by atoms with Gasteiger partial charge in [-0.05, 0) is 30.5 Å². The van der Waals surface area contributed by atoms with E-state index in [1.165, 1.54) is 6.07 Å². The van der Waals surface area contributed by atoms with Crippen LogP contribution in [0.2, 0.25) is 0 Å². The summed E-state index contributed by atoms with van der Waals surface area (Å²) in [6.07, 6.45) is 0.142. The van der Waals surface area contributed by atoms with Crippen molar-refractivity contribution in [3.63, 3.8) is 0 Å². The molecule has 0 aliphatic heterocycles. The number of carboxylic acid groups (broad SMARTS) is 1. The number of fused-ring (bicyclic) bond motifs is 1. The number of carboxylic acids is 1. The van der Waals surface area contributed by atoms with Gasteiger partial charge in [0, 0.05) is 11.5 Å². The third kappa shape index (κ3) is 3.63. The summed E-state index contributed by atoms with van der Waals surface area (Å²) in [6, 6.07) is 3.51. The molecule has 1 atom stereocenters. The van der Waals surface area contributed by atoms with Gasteiger partial charge in [-0.1, -0.05) is 13.8 Å². The smallest absolute Gasteiger partial charge is 0.321 e. The molecule has 2 N–H and O–H groups in total. The predicted octanol–water partition coefficient (Wildman–Crippen LogP) is 2.35. The standard InChI is InChI=1S/C14H16FNO5S/c1-8(2)5-11(14(17)18)16-22(19,20)13-7-9-6-10(15)3-4-12(9)21-13/h3-4,6-8,11,16H,5H2,1-2H3,(H,17,18)/t11-/m0/s1. The molecule has 0 radical (unpaired) electrons. The normalized spacial score (nSPS) is 13.6. The molecule has 1 aromatic carbocycles. The van der Waals surface area contributed by atoms with E-state index in [1.54, 1.807) is 13.8 Å². The molecule has 6 nitrogen and oxygen atoms in total. The van der Waals surface area contributed by atoms with E-state index in [4.69, 9.17) is 9.52 Å². The van der Waals surface area contributed by atoms with Crippen LogP contribution in [0.5, 0.6) is 0 Å². The van der Waals surface area contributed by atoms with Crippen LogP contribution in [-0.4, -0.2) is 25.5 Å². The van der Waals surface area contributed by atoms with Crippen LogP contribution in [0.3, 0.4) is 0 Å². The molecule has 0 unspecified atom stereocenters. The minimum absolute atomic E-state index is 0.00595. The average molecular weight is 329 g/mol. The highest BCUT2D eigenvalue weighted by atomic mass is 32.2.